The number of ether oxygens (including phenoxy) is 2. The molecule has 10 nitrogen and oxygen atoms in total. The van der Waals surface area contributed by atoms with Crippen LogP contribution < -0.4 is 0 Å². The Hall–Kier alpha value is -1.03. The fraction of sp³-hybridized carbons (Fsp3) is 0.963. The van der Waals surface area contributed by atoms with Gasteiger partial charge in [-0.3, -0.25) is 18.6 Å². The fourth-order valence-electron chi connectivity index (χ4n) is 8.47. The smallest absolute Gasteiger partial charge is 0.462 e. The highest BCUT2D eigenvalue weighted by molar-refractivity contribution is 7.47. The van der Waals surface area contributed by atoms with Crippen LogP contribution in [0.3, 0.4) is 0 Å². The average Bonchev–Trinajstić information content (AvgIpc) is 3.30. The summed E-state index contributed by atoms with van der Waals surface area (Å²) in [7, 11) is -4.62. The van der Waals surface area contributed by atoms with Crippen molar-refractivity contribution in [2.75, 3.05) is 26.4 Å². The molecule has 0 aliphatic heterocycles. The van der Waals surface area contributed by atoms with Gasteiger partial charge in [-0.25, -0.2) is 4.57 Å². The number of phosphoric ester groups is 1. The first kappa shape index (κ1) is 64.0. The average molecular weight is 947 g/mol. The Morgan fingerprint density at radius 2 is 0.662 bits per heavy atom. The molecular formula is C54H107O10P. The summed E-state index contributed by atoms with van der Waals surface area (Å²) in [5.74, 6) is -0.899. The van der Waals surface area contributed by atoms with E-state index in [9.17, 15) is 24.2 Å². The molecule has 3 atom stereocenters. The summed E-state index contributed by atoms with van der Waals surface area (Å²) in [6.45, 7) is 2.47. The molecule has 3 unspecified atom stereocenters. The Balaban J connectivity index is 4.07. The fourth-order valence-corrected chi connectivity index (χ4v) is 9.26. The van der Waals surface area contributed by atoms with Gasteiger partial charge in [0.2, 0.25) is 0 Å². The summed E-state index contributed by atoms with van der Waals surface area (Å²) < 4.78 is 33.0. The van der Waals surface area contributed by atoms with Gasteiger partial charge in [-0.2, -0.15) is 0 Å². The minimum atomic E-state index is -4.62. The maximum Gasteiger partial charge on any atom is 0.472 e. The van der Waals surface area contributed by atoms with Crippen molar-refractivity contribution >= 4 is 19.8 Å². The molecular weight excluding hydrogens is 840 g/mol. The minimum absolute atomic E-state index is 0.193. The van der Waals surface area contributed by atoms with Crippen LogP contribution in [0.1, 0.15) is 296 Å². The molecule has 65 heavy (non-hydrogen) atoms. The maximum absolute atomic E-state index is 12.7. The molecule has 0 spiro atoms. The lowest BCUT2D eigenvalue weighted by Gasteiger charge is -2.20. The zero-order valence-corrected chi connectivity index (χ0v) is 43.6. The molecule has 0 aliphatic carbocycles. The van der Waals surface area contributed by atoms with Crippen LogP contribution in [0.15, 0.2) is 0 Å². The molecule has 0 aromatic heterocycles. The molecule has 388 valence electrons. The molecule has 0 radical (unpaired) electrons. The number of aliphatic hydroxyl groups is 2. The van der Waals surface area contributed by atoms with Gasteiger partial charge in [0.15, 0.2) is 6.10 Å². The second-order valence-corrected chi connectivity index (χ2v) is 20.8. The number of phosphoric acid groups is 1. The molecule has 0 saturated heterocycles. The number of rotatable bonds is 54. The van der Waals surface area contributed by atoms with E-state index in [0.29, 0.717) is 12.8 Å². The molecule has 3 N–H and O–H groups in total. The quantitative estimate of drug-likeness (QED) is 0.0306. The predicted molar refractivity (Wildman–Crippen MR) is 270 cm³/mol. The molecule has 0 fully saturated rings. The third kappa shape index (κ3) is 50.7. The number of esters is 2. The first-order valence-corrected chi connectivity index (χ1v) is 29.5. The van der Waals surface area contributed by atoms with Crippen LogP contribution >= 0.6 is 7.82 Å². The van der Waals surface area contributed by atoms with Gasteiger partial charge in [0.25, 0.3) is 0 Å². The SMILES string of the molecule is CCCCCCCCCCCCCCCCCCCCCCCC(=O)OCC(COP(=O)(O)OCC(O)CO)OC(=O)CCCCCCCCCCCCCCCCCCCCCCC. The second-order valence-electron chi connectivity index (χ2n) is 19.3. The number of hydrogen-bond acceptors (Lipinski definition) is 9. The molecule has 0 saturated carbocycles. The van der Waals surface area contributed by atoms with Crippen LogP contribution in [0.2, 0.25) is 0 Å². The summed E-state index contributed by atoms with van der Waals surface area (Å²) in [6, 6.07) is 0. The van der Waals surface area contributed by atoms with Crippen molar-refractivity contribution in [3.63, 3.8) is 0 Å². The topological polar surface area (TPSA) is 149 Å². The van der Waals surface area contributed by atoms with E-state index in [1.807, 2.05) is 0 Å². The summed E-state index contributed by atoms with van der Waals surface area (Å²) >= 11 is 0. The maximum atomic E-state index is 12.7. The van der Waals surface area contributed by atoms with Crippen molar-refractivity contribution in [2.45, 2.75) is 309 Å². The number of aliphatic hydroxyl groups excluding tert-OH is 2. The van der Waals surface area contributed by atoms with Gasteiger partial charge in [-0.05, 0) is 12.8 Å². The highest BCUT2D eigenvalue weighted by Gasteiger charge is 2.27. The minimum Gasteiger partial charge on any atom is -0.462 e. The lowest BCUT2D eigenvalue weighted by Crippen LogP contribution is -2.29. The predicted octanol–water partition coefficient (Wildman–Crippen LogP) is 16.1. The second kappa shape index (κ2) is 50.8. The van der Waals surface area contributed by atoms with E-state index in [1.54, 1.807) is 0 Å². The van der Waals surface area contributed by atoms with Crippen LogP contribution in [0.5, 0.6) is 0 Å². The van der Waals surface area contributed by atoms with Crippen LogP contribution in [0, 0.1) is 0 Å². The summed E-state index contributed by atoms with van der Waals surface area (Å²) in [4.78, 5) is 35.3. The van der Waals surface area contributed by atoms with Gasteiger partial charge in [-0.1, -0.05) is 271 Å². The number of unbranched alkanes of at least 4 members (excludes halogenated alkanes) is 40. The van der Waals surface area contributed by atoms with E-state index >= 15 is 0 Å². The van der Waals surface area contributed by atoms with Crippen molar-refractivity contribution in [1.82, 2.24) is 0 Å². The van der Waals surface area contributed by atoms with E-state index in [4.69, 9.17) is 23.6 Å². The molecule has 11 heteroatoms. The van der Waals surface area contributed by atoms with Gasteiger partial charge >= 0.3 is 19.8 Å². The first-order chi connectivity index (χ1) is 31.7. The van der Waals surface area contributed by atoms with Gasteiger partial charge in [0.05, 0.1) is 19.8 Å². The molecule has 0 aromatic carbocycles. The van der Waals surface area contributed by atoms with Crippen molar-refractivity contribution in [2.24, 2.45) is 0 Å². The normalized spacial score (nSPS) is 13.5. The molecule has 0 rings (SSSR count). The standard InChI is InChI=1S/C54H107O10P/c1-3-5-7-9-11-13-15-17-19-21-23-25-27-29-31-33-35-37-39-41-43-45-53(57)61-49-52(50-63-65(59,60)62-48-51(56)47-55)64-54(58)46-44-42-40-38-36-34-32-30-28-26-24-22-20-18-16-14-12-10-8-6-4-2/h51-52,55-56H,3-50H2,1-2H3,(H,59,60). The number of carbonyl (C=O) groups is 2. The Labute approximate surface area is 401 Å². The van der Waals surface area contributed by atoms with Gasteiger partial charge in [-0.15, -0.1) is 0 Å². The van der Waals surface area contributed by atoms with Crippen molar-refractivity contribution < 1.29 is 47.8 Å². The van der Waals surface area contributed by atoms with Gasteiger partial charge in [0.1, 0.15) is 12.7 Å². The van der Waals surface area contributed by atoms with Gasteiger partial charge < -0.3 is 24.6 Å². The van der Waals surface area contributed by atoms with Crippen LogP contribution in [0.4, 0.5) is 0 Å². The highest BCUT2D eigenvalue weighted by atomic mass is 31.2. The van der Waals surface area contributed by atoms with Crippen LogP contribution in [-0.4, -0.2) is 65.7 Å². The highest BCUT2D eigenvalue weighted by Crippen LogP contribution is 2.43. The number of hydrogen-bond donors (Lipinski definition) is 3. The third-order valence-electron chi connectivity index (χ3n) is 12.8. The Bertz CT molecular complexity index is 1040. The van der Waals surface area contributed by atoms with Crippen molar-refractivity contribution in [3.8, 4) is 0 Å². The molecule has 0 amide bonds. The third-order valence-corrected chi connectivity index (χ3v) is 13.7. The number of carbonyl (C=O) groups excluding carboxylic acids is 2. The summed E-state index contributed by atoms with van der Waals surface area (Å²) in [5.41, 5.74) is 0. The molecule has 0 heterocycles. The summed E-state index contributed by atoms with van der Waals surface area (Å²) in [6.07, 6.45) is 52.2. The lowest BCUT2D eigenvalue weighted by atomic mass is 10.0. The first-order valence-electron chi connectivity index (χ1n) is 28.0. The van der Waals surface area contributed by atoms with Crippen LogP contribution in [0.25, 0.3) is 0 Å². The lowest BCUT2D eigenvalue weighted by molar-refractivity contribution is -0.161. The largest absolute Gasteiger partial charge is 0.472 e. The van der Waals surface area contributed by atoms with Crippen molar-refractivity contribution in [3.05, 3.63) is 0 Å². The summed E-state index contributed by atoms with van der Waals surface area (Å²) in [5, 5.41) is 18.4. The van der Waals surface area contributed by atoms with Crippen molar-refractivity contribution in [1.29, 1.82) is 0 Å². The van der Waals surface area contributed by atoms with Gasteiger partial charge in [0, 0.05) is 12.8 Å². The van der Waals surface area contributed by atoms with E-state index in [0.717, 1.165) is 32.1 Å². The monoisotopic (exact) mass is 947 g/mol. The zero-order valence-electron chi connectivity index (χ0n) is 42.7. The molecule has 0 bridgehead atoms. The molecule has 0 aliphatic rings. The van der Waals surface area contributed by atoms with E-state index in [2.05, 4.69) is 13.8 Å². The van der Waals surface area contributed by atoms with E-state index in [1.165, 1.54) is 225 Å². The Morgan fingerprint density at radius 3 is 0.954 bits per heavy atom. The van der Waals surface area contributed by atoms with E-state index in [-0.39, 0.29) is 19.4 Å². The van der Waals surface area contributed by atoms with E-state index < -0.39 is 51.8 Å². The van der Waals surface area contributed by atoms with Crippen LogP contribution in [-0.2, 0) is 32.7 Å². The zero-order chi connectivity index (χ0) is 47.6. The Kier molecular flexibility index (Phi) is 50.0. The molecule has 0 aromatic rings. The Morgan fingerprint density at radius 1 is 0.400 bits per heavy atom.